The van der Waals surface area contributed by atoms with Crippen LogP contribution in [-0.4, -0.2) is 33.8 Å². The number of nitrogens with zero attached hydrogens (tertiary/aromatic N) is 2. The van der Waals surface area contributed by atoms with Gasteiger partial charge in [-0.2, -0.15) is 5.10 Å². The Balaban J connectivity index is 0.00000169. The molecular weight excluding hydrogens is 324 g/mol. The molecule has 2 atom stereocenters. The number of hydrogen-bond donors (Lipinski definition) is 2. The summed E-state index contributed by atoms with van der Waals surface area (Å²) in [6.07, 6.45) is 8.73. The lowest BCUT2D eigenvalue weighted by atomic mass is 9.99. The van der Waals surface area contributed by atoms with Crippen molar-refractivity contribution in [2.24, 2.45) is 0 Å². The van der Waals surface area contributed by atoms with Crippen LogP contribution < -0.4 is 10.6 Å². The van der Waals surface area contributed by atoms with E-state index in [1.54, 1.807) is 6.20 Å². The molecule has 1 aromatic carbocycles. The van der Waals surface area contributed by atoms with Crippen LogP contribution in [0.25, 0.3) is 5.69 Å². The molecule has 2 aliphatic heterocycles. The lowest BCUT2D eigenvalue weighted by Gasteiger charge is -2.29. The molecule has 2 N–H and O–H groups in total. The average molecular weight is 347 g/mol. The number of benzene rings is 1. The summed E-state index contributed by atoms with van der Waals surface area (Å²) in [5.41, 5.74) is 1.96. The van der Waals surface area contributed by atoms with Crippen molar-refractivity contribution in [3.63, 3.8) is 0 Å². The fourth-order valence-corrected chi connectivity index (χ4v) is 3.81. The molecule has 5 nitrogen and oxygen atoms in total. The molecule has 2 saturated heterocycles. The maximum Gasteiger partial charge on any atom is 0.224 e. The van der Waals surface area contributed by atoms with E-state index in [9.17, 15) is 4.79 Å². The number of piperidine rings is 1. The zero-order valence-electron chi connectivity index (χ0n) is 13.5. The van der Waals surface area contributed by atoms with Crippen LogP contribution in [0.5, 0.6) is 0 Å². The lowest BCUT2D eigenvalue weighted by Crippen LogP contribution is -2.48. The molecule has 3 heterocycles. The summed E-state index contributed by atoms with van der Waals surface area (Å²) in [5.74, 6) is 0.101. The zero-order valence-corrected chi connectivity index (χ0v) is 14.3. The predicted octanol–water partition coefficient (Wildman–Crippen LogP) is 2.24. The Labute approximate surface area is 148 Å². The van der Waals surface area contributed by atoms with Crippen LogP contribution in [0.3, 0.4) is 0 Å². The second kappa shape index (κ2) is 7.36. The first-order valence-electron chi connectivity index (χ1n) is 8.40. The second-order valence-electron chi connectivity index (χ2n) is 6.68. The quantitative estimate of drug-likeness (QED) is 0.892. The molecule has 1 amide bonds. The topological polar surface area (TPSA) is 59.0 Å². The van der Waals surface area contributed by atoms with Gasteiger partial charge in [0.15, 0.2) is 0 Å². The molecule has 0 saturated carbocycles. The number of halogens is 1. The summed E-state index contributed by atoms with van der Waals surface area (Å²) < 4.78 is 1.81. The molecule has 2 unspecified atom stereocenters. The summed E-state index contributed by atoms with van der Waals surface area (Å²) in [5, 5.41) is 11.1. The normalized spacial score (nSPS) is 25.1. The Bertz CT molecular complexity index is 675. The summed E-state index contributed by atoms with van der Waals surface area (Å²) in [4.78, 5) is 12.3. The van der Waals surface area contributed by atoms with E-state index in [0.29, 0.717) is 24.5 Å². The molecule has 2 aliphatic rings. The van der Waals surface area contributed by atoms with Gasteiger partial charge in [0.2, 0.25) is 5.91 Å². The van der Waals surface area contributed by atoms with Crippen LogP contribution in [0.4, 0.5) is 0 Å². The van der Waals surface area contributed by atoms with Gasteiger partial charge >= 0.3 is 0 Å². The lowest BCUT2D eigenvalue weighted by molar-refractivity contribution is -0.121. The molecule has 128 valence electrons. The molecule has 24 heavy (non-hydrogen) atoms. The van der Waals surface area contributed by atoms with E-state index in [1.807, 2.05) is 41.2 Å². The highest BCUT2D eigenvalue weighted by atomic mass is 35.5. The first-order valence-corrected chi connectivity index (χ1v) is 8.40. The average Bonchev–Trinajstić information content (AvgIpc) is 3.15. The van der Waals surface area contributed by atoms with Gasteiger partial charge in [-0.05, 0) is 43.4 Å². The van der Waals surface area contributed by atoms with E-state index < -0.39 is 0 Å². The number of fused-ring (bicyclic) bond motifs is 2. The molecule has 2 fully saturated rings. The van der Waals surface area contributed by atoms with Gasteiger partial charge in [-0.25, -0.2) is 4.68 Å². The van der Waals surface area contributed by atoms with Crippen molar-refractivity contribution in [2.75, 3.05) is 0 Å². The van der Waals surface area contributed by atoms with E-state index in [2.05, 4.69) is 15.7 Å². The van der Waals surface area contributed by atoms with Gasteiger partial charge in [-0.3, -0.25) is 4.79 Å². The molecule has 4 rings (SSSR count). The molecule has 0 radical (unpaired) electrons. The minimum absolute atomic E-state index is 0. The summed E-state index contributed by atoms with van der Waals surface area (Å²) in [7, 11) is 0. The fraction of sp³-hybridized carbons (Fsp3) is 0.444. The van der Waals surface area contributed by atoms with E-state index in [1.165, 1.54) is 12.8 Å². The van der Waals surface area contributed by atoms with Crippen molar-refractivity contribution in [3.05, 3.63) is 48.3 Å². The molecule has 6 heteroatoms. The number of hydrogen-bond acceptors (Lipinski definition) is 3. The monoisotopic (exact) mass is 346 g/mol. The Morgan fingerprint density at radius 1 is 1.21 bits per heavy atom. The zero-order chi connectivity index (χ0) is 15.6. The van der Waals surface area contributed by atoms with Crippen molar-refractivity contribution in [1.29, 1.82) is 0 Å². The number of carbonyl (C=O) groups excluding carboxylic acids is 1. The van der Waals surface area contributed by atoms with E-state index in [0.717, 1.165) is 24.1 Å². The third-order valence-electron chi connectivity index (χ3n) is 4.86. The predicted molar refractivity (Wildman–Crippen MR) is 95.6 cm³/mol. The number of rotatable bonds is 4. The van der Waals surface area contributed by atoms with Crippen LogP contribution in [0.2, 0.25) is 0 Å². The third kappa shape index (κ3) is 3.79. The van der Waals surface area contributed by atoms with Crippen molar-refractivity contribution in [3.8, 4) is 5.69 Å². The minimum Gasteiger partial charge on any atom is -0.353 e. The van der Waals surface area contributed by atoms with Crippen molar-refractivity contribution < 1.29 is 4.79 Å². The first kappa shape index (κ1) is 17.0. The fourth-order valence-electron chi connectivity index (χ4n) is 3.81. The smallest absolute Gasteiger partial charge is 0.224 e. The molecular formula is C18H23ClN4O. The number of carbonyl (C=O) groups is 1. The first-order chi connectivity index (χ1) is 11.3. The second-order valence-corrected chi connectivity index (χ2v) is 6.68. The van der Waals surface area contributed by atoms with Gasteiger partial charge in [-0.15, -0.1) is 12.4 Å². The molecule has 1 aromatic heterocycles. The van der Waals surface area contributed by atoms with Crippen molar-refractivity contribution in [1.82, 2.24) is 20.4 Å². The Morgan fingerprint density at radius 3 is 2.62 bits per heavy atom. The standard InChI is InChI=1S/C18H22N4O.ClH/c23-18(21-16-9-14-6-7-15(10-16)20-14)8-13-11-19-22(12-13)17-4-2-1-3-5-17;/h1-5,11-12,14-16,20H,6-10H2,(H,21,23);1H. The van der Waals surface area contributed by atoms with Gasteiger partial charge in [0, 0.05) is 24.3 Å². The van der Waals surface area contributed by atoms with Crippen LogP contribution in [0.1, 0.15) is 31.2 Å². The highest BCUT2D eigenvalue weighted by Gasteiger charge is 2.33. The Hall–Kier alpha value is -1.85. The summed E-state index contributed by atoms with van der Waals surface area (Å²) in [6.45, 7) is 0. The highest BCUT2D eigenvalue weighted by molar-refractivity contribution is 5.85. The Kier molecular flexibility index (Phi) is 5.21. The van der Waals surface area contributed by atoms with Crippen LogP contribution in [0, 0.1) is 0 Å². The summed E-state index contributed by atoms with van der Waals surface area (Å²) >= 11 is 0. The van der Waals surface area contributed by atoms with Crippen molar-refractivity contribution in [2.45, 2.75) is 50.2 Å². The molecule has 2 aromatic rings. The summed E-state index contributed by atoms with van der Waals surface area (Å²) in [6, 6.07) is 11.5. The van der Waals surface area contributed by atoms with Gasteiger partial charge in [0.1, 0.15) is 0 Å². The molecule has 2 bridgehead atoms. The number of para-hydroxylation sites is 1. The minimum atomic E-state index is 0. The Morgan fingerprint density at radius 2 is 1.92 bits per heavy atom. The number of amides is 1. The highest BCUT2D eigenvalue weighted by Crippen LogP contribution is 2.26. The van der Waals surface area contributed by atoms with Gasteiger partial charge in [0.25, 0.3) is 0 Å². The number of aromatic nitrogens is 2. The van der Waals surface area contributed by atoms with Crippen molar-refractivity contribution >= 4 is 18.3 Å². The maximum atomic E-state index is 12.3. The van der Waals surface area contributed by atoms with E-state index in [-0.39, 0.29) is 18.3 Å². The molecule has 0 aliphatic carbocycles. The van der Waals surface area contributed by atoms with E-state index in [4.69, 9.17) is 0 Å². The van der Waals surface area contributed by atoms with E-state index >= 15 is 0 Å². The number of nitrogens with one attached hydrogen (secondary N) is 2. The third-order valence-corrected chi connectivity index (χ3v) is 4.86. The van der Waals surface area contributed by atoms with Gasteiger partial charge in [-0.1, -0.05) is 18.2 Å². The van der Waals surface area contributed by atoms with Crippen LogP contribution in [-0.2, 0) is 11.2 Å². The maximum absolute atomic E-state index is 12.3. The molecule has 0 spiro atoms. The van der Waals surface area contributed by atoms with Gasteiger partial charge in [0.05, 0.1) is 18.3 Å². The van der Waals surface area contributed by atoms with Crippen LogP contribution >= 0.6 is 12.4 Å². The van der Waals surface area contributed by atoms with Gasteiger partial charge < -0.3 is 10.6 Å². The SMILES string of the molecule is Cl.O=C(Cc1cnn(-c2ccccc2)c1)NC1CC2CCC(C1)N2. The van der Waals surface area contributed by atoms with Crippen LogP contribution in [0.15, 0.2) is 42.7 Å². The largest absolute Gasteiger partial charge is 0.353 e.